The number of aryl methyl sites for hydroxylation is 1. The van der Waals surface area contributed by atoms with E-state index in [2.05, 4.69) is 363 Å². The Morgan fingerprint density at radius 1 is 0.273 bits per heavy atom. The van der Waals surface area contributed by atoms with E-state index >= 15 is 0 Å². The first kappa shape index (κ1) is 65.5. The third-order valence-electron chi connectivity index (χ3n) is 20.6. The van der Waals surface area contributed by atoms with E-state index < -0.39 is 0 Å². The third-order valence-corrected chi connectivity index (χ3v) is 20.9. The summed E-state index contributed by atoms with van der Waals surface area (Å²) in [7, 11) is 0. The van der Waals surface area contributed by atoms with Crippen LogP contribution in [0.1, 0.15) is 88.6 Å². The number of anilines is 3. The normalized spacial score (nSPS) is 12.6. The lowest BCUT2D eigenvalue weighted by molar-refractivity contribution is 0.660. The second kappa shape index (κ2) is 27.6. The van der Waals surface area contributed by atoms with Crippen LogP contribution in [0.5, 0.6) is 0 Å². The summed E-state index contributed by atoms with van der Waals surface area (Å²) in [4.78, 5) is 2.41. The molecule has 99 heavy (non-hydrogen) atoms. The quantitative estimate of drug-likeness (QED) is 0.108. The standard InChI is InChI=1S/C55H39N.C20H13Cl.C16H16.C5H12.B/c1-55(2)53-14-8-7-13-49(53)50-32-31-46(35-54(50)55)56(44-27-23-36(24-28-44)42-21-19-40-17-15-38-9-3-5-11-47(38)51(40)33-42)45-29-25-37(26-30-45)43-22-20-41-18-16-39-10-4-6-12-48(39)52(41)34-43;21-18-11-9-14(10-12-18)17-8-7-16-6-5-15-3-1-2-4-19(15)20(16)13-17;1-11-8-9-13-12-6-4-5-7-14(12)16(2,3)15(13)10-11;1-3-5-4-2;/h3-35H,1-2H3;1-13H;4-10H,1-3H3;3-5H2,1-2H3;. The molecule has 0 amide bonds. The molecule has 0 saturated heterocycles. The van der Waals surface area contributed by atoms with Crippen molar-refractivity contribution in [3.05, 3.63) is 354 Å². The van der Waals surface area contributed by atoms with Crippen molar-refractivity contribution in [1.29, 1.82) is 0 Å². The maximum absolute atomic E-state index is 5.97. The fraction of sp³-hybridized carbons (Fsp3) is 0.125. The highest BCUT2D eigenvalue weighted by Gasteiger charge is 2.37. The SMILES string of the molecule is CC1(C)c2ccccc2-c2ccc(N(c3ccc(-c4ccc5ccc6ccccc6c5c4)cc3)c3ccc(-c4ccc5ccc6ccccc6c5c4)cc3)cc21.CCCCC.Cc1ccc2c(c1)C(C)(C)c1ccccc1-2.Clc1ccc(-c2ccc3ccc4ccccc4c3c2)cc1.[B]. The van der Waals surface area contributed by atoms with Gasteiger partial charge in [0.2, 0.25) is 0 Å². The lowest BCUT2D eigenvalue weighted by Crippen LogP contribution is -2.16. The van der Waals surface area contributed by atoms with Gasteiger partial charge in [0.05, 0.1) is 0 Å². The summed E-state index contributed by atoms with van der Waals surface area (Å²) < 4.78 is 0. The average Bonchev–Trinajstić information content (AvgIpc) is 1.59. The number of rotatable bonds is 8. The van der Waals surface area contributed by atoms with Crippen molar-refractivity contribution in [2.75, 3.05) is 4.90 Å². The Morgan fingerprint density at radius 3 is 0.970 bits per heavy atom. The zero-order chi connectivity index (χ0) is 67.1. The molecule has 16 aromatic rings. The van der Waals surface area contributed by atoms with Gasteiger partial charge in [-0.25, -0.2) is 0 Å². The fourth-order valence-corrected chi connectivity index (χ4v) is 15.4. The Kier molecular flexibility index (Phi) is 18.3. The molecule has 0 heterocycles. The van der Waals surface area contributed by atoms with E-state index in [9.17, 15) is 0 Å². The van der Waals surface area contributed by atoms with Gasteiger partial charge in [-0.3, -0.25) is 0 Å². The zero-order valence-corrected chi connectivity index (χ0v) is 58.4. The number of fused-ring (bicyclic) bond motifs is 15. The van der Waals surface area contributed by atoms with Gasteiger partial charge < -0.3 is 4.90 Å². The Morgan fingerprint density at radius 2 is 0.576 bits per heavy atom. The molecule has 18 rings (SSSR count). The summed E-state index contributed by atoms with van der Waals surface area (Å²) >= 11 is 5.97. The fourth-order valence-electron chi connectivity index (χ4n) is 15.2. The monoisotopic (exact) mass is 1290 g/mol. The molecule has 3 heteroatoms. The first-order chi connectivity index (χ1) is 47.8. The minimum Gasteiger partial charge on any atom is -0.310 e. The minimum absolute atomic E-state index is 0. The summed E-state index contributed by atoms with van der Waals surface area (Å²) in [5.74, 6) is 0. The van der Waals surface area contributed by atoms with Crippen LogP contribution in [0.15, 0.2) is 322 Å². The van der Waals surface area contributed by atoms with Crippen molar-refractivity contribution in [2.24, 2.45) is 0 Å². The smallest absolute Gasteiger partial charge is 0.0465 e. The predicted molar refractivity (Wildman–Crippen MR) is 431 cm³/mol. The van der Waals surface area contributed by atoms with Gasteiger partial charge in [0, 0.05) is 41.3 Å². The van der Waals surface area contributed by atoms with Crippen LogP contribution in [0.3, 0.4) is 0 Å². The van der Waals surface area contributed by atoms with Crippen LogP contribution >= 0.6 is 11.6 Å². The lowest BCUT2D eigenvalue weighted by atomic mass is 9.82. The highest BCUT2D eigenvalue weighted by molar-refractivity contribution is 6.30. The average molecular weight is 1290 g/mol. The first-order valence-electron chi connectivity index (χ1n) is 34.8. The van der Waals surface area contributed by atoms with E-state index in [1.54, 1.807) is 0 Å². The van der Waals surface area contributed by atoms with E-state index in [1.807, 2.05) is 12.1 Å². The highest BCUT2D eigenvalue weighted by Crippen LogP contribution is 2.52. The van der Waals surface area contributed by atoms with E-state index in [1.165, 1.54) is 167 Å². The number of benzene rings is 16. The Bertz CT molecular complexity index is 5480. The summed E-state index contributed by atoms with van der Waals surface area (Å²) in [6, 6.07) is 117. The molecule has 0 spiro atoms. The lowest BCUT2D eigenvalue weighted by Gasteiger charge is -2.28. The molecule has 1 nitrogen and oxygen atoms in total. The number of halogens is 1. The molecule has 0 aromatic heterocycles. The molecule has 0 saturated carbocycles. The van der Waals surface area contributed by atoms with Crippen LogP contribution in [0.25, 0.3) is 120 Å². The molecule has 2 aliphatic rings. The molecule has 0 aliphatic heterocycles. The number of hydrogen-bond acceptors (Lipinski definition) is 1. The molecule has 0 atom stereocenters. The van der Waals surface area contributed by atoms with Gasteiger partial charge in [0.25, 0.3) is 0 Å². The summed E-state index contributed by atoms with van der Waals surface area (Å²) in [6.07, 6.45) is 4.08. The van der Waals surface area contributed by atoms with Gasteiger partial charge in [-0.05, 0) is 216 Å². The van der Waals surface area contributed by atoms with Crippen molar-refractivity contribution in [3.8, 4) is 55.6 Å². The molecular formula is C96H80BClN. The largest absolute Gasteiger partial charge is 0.310 e. The second-order valence-electron chi connectivity index (χ2n) is 27.6. The van der Waals surface area contributed by atoms with Gasteiger partial charge in [0.15, 0.2) is 0 Å². The Balaban J connectivity index is 0.000000157. The van der Waals surface area contributed by atoms with Gasteiger partial charge in [0.1, 0.15) is 0 Å². The second-order valence-corrected chi connectivity index (χ2v) is 28.0. The van der Waals surface area contributed by atoms with E-state index in [0.29, 0.717) is 0 Å². The van der Waals surface area contributed by atoms with E-state index in [0.717, 1.165) is 22.1 Å². The zero-order valence-electron chi connectivity index (χ0n) is 57.6. The van der Waals surface area contributed by atoms with Gasteiger partial charge >= 0.3 is 0 Å². The summed E-state index contributed by atoms with van der Waals surface area (Å²) in [5.41, 5.74) is 23.2. The Labute approximate surface area is 591 Å². The van der Waals surface area contributed by atoms with Gasteiger partial charge in [-0.1, -0.05) is 333 Å². The molecular weight excluding hydrogens is 1210 g/mol. The van der Waals surface area contributed by atoms with Crippen LogP contribution in [-0.4, -0.2) is 8.41 Å². The minimum atomic E-state index is -0.0954. The number of unbranched alkanes of at least 4 members (excludes halogenated alkanes) is 2. The summed E-state index contributed by atoms with van der Waals surface area (Å²) in [6.45, 7) is 15.9. The van der Waals surface area contributed by atoms with Crippen LogP contribution in [0.2, 0.25) is 5.02 Å². The molecule has 0 unspecified atom stereocenters. The molecule has 16 aromatic carbocycles. The number of hydrogen-bond donors (Lipinski definition) is 0. The van der Waals surface area contributed by atoms with Crippen LogP contribution in [0.4, 0.5) is 17.1 Å². The van der Waals surface area contributed by atoms with Crippen LogP contribution < -0.4 is 4.90 Å². The molecule has 3 radical (unpaired) electrons. The third kappa shape index (κ3) is 12.6. The molecule has 479 valence electrons. The van der Waals surface area contributed by atoms with Crippen LogP contribution in [0, 0.1) is 6.92 Å². The maximum Gasteiger partial charge on any atom is 0.0465 e. The number of nitrogens with zero attached hydrogens (tertiary/aromatic N) is 1. The van der Waals surface area contributed by atoms with Crippen molar-refractivity contribution < 1.29 is 0 Å². The van der Waals surface area contributed by atoms with Crippen molar-refractivity contribution >= 4 is 102 Å². The molecule has 0 bridgehead atoms. The highest BCUT2D eigenvalue weighted by atomic mass is 35.5. The molecule has 0 N–H and O–H groups in total. The maximum atomic E-state index is 5.97. The summed E-state index contributed by atoms with van der Waals surface area (Å²) in [5, 5.41) is 16.1. The van der Waals surface area contributed by atoms with E-state index in [4.69, 9.17) is 11.6 Å². The van der Waals surface area contributed by atoms with Crippen molar-refractivity contribution in [1.82, 2.24) is 0 Å². The van der Waals surface area contributed by atoms with E-state index in [-0.39, 0.29) is 19.2 Å². The Hall–Kier alpha value is -10.8. The topological polar surface area (TPSA) is 3.24 Å². The predicted octanol–water partition coefficient (Wildman–Crippen LogP) is 27.8. The van der Waals surface area contributed by atoms with Gasteiger partial charge in [-0.2, -0.15) is 0 Å². The van der Waals surface area contributed by atoms with Crippen LogP contribution in [-0.2, 0) is 10.8 Å². The molecule has 2 aliphatic carbocycles. The van der Waals surface area contributed by atoms with Gasteiger partial charge in [-0.15, -0.1) is 0 Å². The molecule has 0 fully saturated rings. The first-order valence-corrected chi connectivity index (χ1v) is 35.2. The van der Waals surface area contributed by atoms with Crippen molar-refractivity contribution in [2.45, 2.75) is 78.6 Å². The van der Waals surface area contributed by atoms with Crippen molar-refractivity contribution in [3.63, 3.8) is 0 Å².